The van der Waals surface area contributed by atoms with Gasteiger partial charge >= 0.3 is 0 Å². The van der Waals surface area contributed by atoms with E-state index in [-0.39, 0.29) is 0 Å². The van der Waals surface area contributed by atoms with Gasteiger partial charge in [0, 0.05) is 0 Å². The maximum Gasteiger partial charge on any atom is 0.118 e. The zero-order chi connectivity index (χ0) is 19.0. The molecule has 140 valence electrons. The van der Waals surface area contributed by atoms with Gasteiger partial charge in [-0.05, 0) is 31.0 Å². The van der Waals surface area contributed by atoms with Crippen LogP contribution in [-0.4, -0.2) is 33.0 Å². The summed E-state index contributed by atoms with van der Waals surface area (Å²) < 4.78 is 10.8. The molecular formula is C22H30O3Si. The van der Waals surface area contributed by atoms with Gasteiger partial charge in [-0.2, -0.15) is 0 Å². The standard InChI is InChI=1S/C22H30O3Si/c1-18(17-26(3,4)22-8-6-5-7-9-22)14-20(23)16-25-15-19-10-12-21(24-2)13-11-19/h5-13,17,20,23H,14-16H2,1-4H3/b18-17-/t20-/m0/s1. The first-order valence-corrected chi connectivity index (χ1v) is 12.1. The second kappa shape index (κ2) is 9.71. The molecule has 0 aliphatic heterocycles. The molecular weight excluding hydrogens is 340 g/mol. The molecule has 0 aromatic heterocycles. The Morgan fingerprint density at radius 1 is 1.08 bits per heavy atom. The monoisotopic (exact) mass is 370 g/mol. The van der Waals surface area contributed by atoms with E-state index in [2.05, 4.69) is 56.0 Å². The van der Waals surface area contributed by atoms with E-state index in [1.54, 1.807) is 7.11 Å². The molecule has 0 fully saturated rings. The van der Waals surface area contributed by atoms with Crippen molar-refractivity contribution in [1.29, 1.82) is 0 Å². The number of ether oxygens (including phenoxy) is 2. The van der Waals surface area contributed by atoms with Crippen molar-refractivity contribution in [2.75, 3.05) is 13.7 Å². The molecule has 2 aromatic rings. The van der Waals surface area contributed by atoms with Crippen molar-refractivity contribution in [3.8, 4) is 5.75 Å². The predicted molar refractivity (Wildman–Crippen MR) is 111 cm³/mol. The van der Waals surface area contributed by atoms with Crippen molar-refractivity contribution in [1.82, 2.24) is 0 Å². The highest BCUT2D eigenvalue weighted by molar-refractivity contribution is 6.94. The van der Waals surface area contributed by atoms with Gasteiger partial charge in [0.25, 0.3) is 0 Å². The van der Waals surface area contributed by atoms with E-state index in [0.717, 1.165) is 11.3 Å². The van der Waals surface area contributed by atoms with E-state index in [4.69, 9.17) is 9.47 Å². The topological polar surface area (TPSA) is 38.7 Å². The molecule has 0 aliphatic rings. The van der Waals surface area contributed by atoms with Crippen molar-refractivity contribution in [3.63, 3.8) is 0 Å². The summed E-state index contributed by atoms with van der Waals surface area (Å²) in [5.74, 6) is 0.833. The highest BCUT2D eigenvalue weighted by Gasteiger charge is 2.20. The van der Waals surface area contributed by atoms with Crippen LogP contribution in [0.4, 0.5) is 0 Å². The highest BCUT2D eigenvalue weighted by atomic mass is 28.3. The van der Waals surface area contributed by atoms with Crippen molar-refractivity contribution in [2.45, 2.75) is 39.1 Å². The van der Waals surface area contributed by atoms with Gasteiger partial charge < -0.3 is 14.6 Å². The van der Waals surface area contributed by atoms with Gasteiger partial charge in [0.15, 0.2) is 0 Å². The van der Waals surface area contributed by atoms with Gasteiger partial charge in [-0.3, -0.25) is 0 Å². The second-order valence-electron chi connectivity index (χ2n) is 7.30. The van der Waals surface area contributed by atoms with Gasteiger partial charge in [0.1, 0.15) is 13.8 Å². The maximum absolute atomic E-state index is 10.3. The predicted octanol–water partition coefficient (Wildman–Crippen LogP) is 4.06. The molecule has 1 atom stereocenters. The fraction of sp³-hybridized carbons (Fsp3) is 0.364. The lowest BCUT2D eigenvalue weighted by Gasteiger charge is -2.21. The van der Waals surface area contributed by atoms with Crippen LogP contribution in [0.5, 0.6) is 5.75 Å². The van der Waals surface area contributed by atoms with E-state index in [9.17, 15) is 5.11 Å². The third-order valence-electron chi connectivity index (χ3n) is 4.42. The Hall–Kier alpha value is -1.88. The molecule has 26 heavy (non-hydrogen) atoms. The average Bonchev–Trinajstić information content (AvgIpc) is 2.62. The number of hydrogen-bond acceptors (Lipinski definition) is 3. The normalized spacial score (nSPS) is 13.5. The summed E-state index contributed by atoms with van der Waals surface area (Å²) in [6.07, 6.45) is 0.163. The van der Waals surface area contributed by atoms with Crippen LogP contribution in [0.3, 0.4) is 0 Å². The Kier molecular flexibility index (Phi) is 7.63. The van der Waals surface area contributed by atoms with E-state index < -0.39 is 14.2 Å². The van der Waals surface area contributed by atoms with E-state index in [1.807, 2.05) is 24.3 Å². The number of hydrogen-bond donors (Lipinski definition) is 1. The molecule has 0 saturated carbocycles. The summed E-state index contributed by atoms with van der Waals surface area (Å²) in [6.45, 7) is 7.60. The van der Waals surface area contributed by atoms with Crippen LogP contribution in [0, 0.1) is 0 Å². The van der Waals surface area contributed by atoms with Crippen LogP contribution in [0.1, 0.15) is 18.9 Å². The largest absolute Gasteiger partial charge is 0.497 e. The molecule has 2 aromatic carbocycles. The Balaban J connectivity index is 1.81. The lowest BCUT2D eigenvalue weighted by molar-refractivity contribution is 0.0289. The first-order valence-electron chi connectivity index (χ1n) is 9.03. The molecule has 0 aliphatic carbocycles. The molecule has 0 heterocycles. The van der Waals surface area contributed by atoms with E-state index >= 15 is 0 Å². The number of aliphatic hydroxyl groups excluding tert-OH is 1. The fourth-order valence-electron chi connectivity index (χ4n) is 3.09. The average molecular weight is 371 g/mol. The number of methoxy groups -OCH3 is 1. The third kappa shape index (κ3) is 6.45. The van der Waals surface area contributed by atoms with Crippen LogP contribution < -0.4 is 9.92 Å². The summed E-state index contributed by atoms with van der Waals surface area (Å²) in [5.41, 5.74) is 4.67. The first kappa shape index (κ1) is 20.4. The zero-order valence-electron chi connectivity index (χ0n) is 16.2. The Bertz CT molecular complexity index is 693. The number of aliphatic hydroxyl groups is 1. The maximum atomic E-state index is 10.3. The lowest BCUT2D eigenvalue weighted by atomic mass is 10.1. The van der Waals surface area contributed by atoms with Crippen LogP contribution in [-0.2, 0) is 11.3 Å². The molecule has 0 bridgehead atoms. The van der Waals surface area contributed by atoms with E-state index in [1.165, 1.54) is 10.8 Å². The molecule has 2 rings (SSSR count). The Morgan fingerprint density at radius 3 is 2.35 bits per heavy atom. The van der Waals surface area contributed by atoms with Crippen molar-refractivity contribution >= 4 is 13.3 Å². The fourth-order valence-corrected chi connectivity index (χ4v) is 5.66. The lowest BCUT2D eigenvalue weighted by Crippen LogP contribution is -2.39. The van der Waals surface area contributed by atoms with Gasteiger partial charge in [-0.1, -0.05) is 72.0 Å². The molecule has 0 radical (unpaired) electrons. The first-order chi connectivity index (χ1) is 12.4. The third-order valence-corrected chi connectivity index (χ3v) is 7.46. The SMILES string of the molecule is COc1ccc(COC[C@@H](O)C/C(C)=C\[Si](C)(C)c2ccccc2)cc1. The van der Waals surface area contributed by atoms with Crippen molar-refractivity contribution < 1.29 is 14.6 Å². The quantitative estimate of drug-likeness (QED) is 0.677. The van der Waals surface area contributed by atoms with Crippen LogP contribution in [0.25, 0.3) is 0 Å². The van der Waals surface area contributed by atoms with Crippen LogP contribution >= 0.6 is 0 Å². The molecule has 0 spiro atoms. The van der Waals surface area contributed by atoms with Crippen molar-refractivity contribution in [3.05, 3.63) is 71.4 Å². The number of benzene rings is 2. The summed E-state index contributed by atoms with van der Waals surface area (Å²) in [7, 11) is 0.0243. The second-order valence-corrected chi connectivity index (χ2v) is 11.6. The minimum atomic E-state index is -1.63. The molecule has 3 nitrogen and oxygen atoms in total. The Morgan fingerprint density at radius 2 is 1.73 bits per heavy atom. The molecule has 1 N–H and O–H groups in total. The van der Waals surface area contributed by atoms with Crippen molar-refractivity contribution in [2.24, 2.45) is 0 Å². The van der Waals surface area contributed by atoms with E-state index in [0.29, 0.717) is 19.6 Å². The van der Waals surface area contributed by atoms with Crippen LogP contribution in [0.2, 0.25) is 13.1 Å². The summed E-state index contributed by atoms with van der Waals surface area (Å²) in [4.78, 5) is 0. The zero-order valence-corrected chi connectivity index (χ0v) is 17.2. The van der Waals surface area contributed by atoms with Gasteiger partial charge in [0.05, 0.1) is 26.4 Å². The van der Waals surface area contributed by atoms with Gasteiger partial charge in [-0.15, -0.1) is 0 Å². The molecule has 4 heteroatoms. The molecule has 0 unspecified atom stereocenters. The summed E-state index contributed by atoms with van der Waals surface area (Å²) >= 11 is 0. The van der Waals surface area contributed by atoms with Crippen LogP contribution in [0.15, 0.2) is 65.9 Å². The minimum absolute atomic E-state index is 0.338. The van der Waals surface area contributed by atoms with Gasteiger partial charge in [-0.25, -0.2) is 0 Å². The summed E-state index contributed by atoms with van der Waals surface area (Å²) in [5, 5.41) is 11.7. The molecule has 0 amide bonds. The Labute approximate surface area is 158 Å². The minimum Gasteiger partial charge on any atom is -0.497 e. The smallest absolute Gasteiger partial charge is 0.118 e. The van der Waals surface area contributed by atoms with Gasteiger partial charge in [0.2, 0.25) is 0 Å². The summed E-state index contributed by atoms with van der Waals surface area (Å²) in [6, 6.07) is 18.4. The molecule has 0 saturated heterocycles. The highest BCUT2D eigenvalue weighted by Crippen LogP contribution is 2.14. The number of rotatable bonds is 9.